The maximum absolute atomic E-state index is 10.3. The number of unbranched alkanes of at least 4 members (excludes halogenated alkanes) is 2. The van der Waals surface area contributed by atoms with Crippen molar-refractivity contribution in [3.8, 4) is 0 Å². The Morgan fingerprint density at radius 3 is 1.77 bits per heavy atom. The first-order chi connectivity index (χ1) is 10.7. The van der Waals surface area contributed by atoms with Crippen LogP contribution in [0.3, 0.4) is 0 Å². The predicted molar refractivity (Wildman–Crippen MR) is 94.7 cm³/mol. The molecular formula is C21H26O. The molecule has 1 nitrogen and oxygen atoms in total. The van der Waals surface area contributed by atoms with Gasteiger partial charge in [0.05, 0.1) is 6.10 Å². The fraction of sp³-hybridized carbons (Fsp3) is 0.333. The second-order valence-corrected chi connectivity index (χ2v) is 5.77. The molecule has 0 amide bonds. The van der Waals surface area contributed by atoms with Crippen LogP contribution >= 0.6 is 0 Å². The third-order valence-corrected chi connectivity index (χ3v) is 4.00. The first-order valence-electron chi connectivity index (χ1n) is 8.26. The van der Waals surface area contributed by atoms with E-state index in [0.29, 0.717) is 0 Å². The molecular weight excluding hydrogens is 268 g/mol. The summed E-state index contributed by atoms with van der Waals surface area (Å²) in [5.74, 6) is 0. The van der Waals surface area contributed by atoms with Gasteiger partial charge in [-0.3, -0.25) is 0 Å². The van der Waals surface area contributed by atoms with Gasteiger partial charge in [0.1, 0.15) is 0 Å². The molecule has 2 rings (SSSR count). The van der Waals surface area contributed by atoms with Crippen molar-refractivity contribution in [2.75, 3.05) is 0 Å². The van der Waals surface area contributed by atoms with E-state index in [1.165, 1.54) is 29.5 Å². The van der Waals surface area contributed by atoms with Crippen molar-refractivity contribution in [1.82, 2.24) is 0 Å². The summed E-state index contributed by atoms with van der Waals surface area (Å²) in [7, 11) is 0. The Kier molecular flexibility index (Phi) is 6.42. The summed E-state index contributed by atoms with van der Waals surface area (Å²) in [5, 5.41) is 10.3. The molecule has 0 aliphatic rings. The van der Waals surface area contributed by atoms with Gasteiger partial charge in [0.15, 0.2) is 0 Å². The lowest BCUT2D eigenvalue weighted by atomic mass is 9.88. The molecule has 1 unspecified atom stereocenters. The van der Waals surface area contributed by atoms with Gasteiger partial charge in [-0.25, -0.2) is 0 Å². The quantitative estimate of drug-likeness (QED) is 0.673. The fourth-order valence-electron chi connectivity index (χ4n) is 2.86. The molecule has 0 radical (unpaired) electrons. The molecule has 2 aromatic rings. The van der Waals surface area contributed by atoms with E-state index in [-0.39, 0.29) is 0 Å². The highest BCUT2D eigenvalue weighted by Crippen LogP contribution is 2.31. The molecule has 0 bridgehead atoms. The van der Waals surface area contributed by atoms with E-state index in [2.05, 4.69) is 55.5 Å². The molecule has 116 valence electrons. The van der Waals surface area contributed by atoms with Crippen LogP contribution in [-0.4, -0.2) is 11.2 Å². The molecule has 22 heavy (non-hydrogen) atoms. The van der Waals surface area contributed by atoms with E-state index in [4.69, 9.17) is 0 Å². The molecule has 0 aromatic heterocycles. The Morgan fingerprint density at radius 2 is 1.36 bits per heavy atom. The van der Waals surface area contributed by atoms with Crippen LogP contribution in [0.15, 0.2) is 66.2 Å². The van der Waals surface area contributed by atoms with E-state index >= 15 is 0 Å². The van der Waals surface area contributed by atoms with Gasteiger partial charge in [0, 0.05) is 0 Å². The third kappa shape index (κ3) is 4.32. The third-order valence-electron chi connectivity index (χ3n) is 4.00. The van der Waals surface area contributed by atoms with Crippen molar-refractivity contribution in [3.05, 3.63) is 77.4 Å². The van der Waals surface area contributed by atoms with Gasteiger partial charge in [-0.15, -0.1) is 0 Å². The summed E-state index contributed by atoms with van der Waals surface area (Å²) in [5.41, 5.74) is 4.69. The summed E-state index contributed by atoms with van der Waals surface area (Å²) in [4.78, 5) is 0. The molecule has 0 heterocycles. The van der Waals surface area contributed by atoms with Gasteiger partial charge >= 0.3 is 0 Å². The van der Waals surface area contributed by atoms with E-state index in [1.807, 2.05) is 19.1 Å². The molecule has 1 atom stereocenters. The summed E-state index contributed by atoms with van der Waals surface area (Å²) in [6, 6.07) is 20.8. The zero-order valence-electron chi connectivity index (χ0n) is 13.6. The number of rotatable bonds is 7. The molecule has 0 spiro atoms. The van der Waals surface area contributed by atoms with Gasteiger partial charge in [0.25, 0.3) is 0 Å². The Bertz CT molecular complexity index is 540. The molecule has 0 aliphatic carbocycles. The molecule has 0 fully saturated rings. The first-order valence-corrected chi connectivity index (χ1v) is 8.26. The van der Waals surface area contributed by atoms with Crippen LogP contribution in [0, 0.1) is 0 Å². The van der Waals surface area contributed by atoms with E-state index in [9.17, 15) is 5.11 Å². The van der Waals surface area contributed by atoms with Crippen molar-refractivity contribution in [1.29, 1.82) is 0 Å². The average molecular weight is 294 g/mol. The second kappa shape index (κ2) is 8.55. The Morgan fingerprint density at radius 1 is 0.864 bits per heavy atom. The summed E-state index contributed by atoms with van der Waals surface area (Å²) < 4.78 is 0. The van der Waals surface area contributed by atoms with Crippen molar-refractivity contribution in [3.63, 3.8) is 0 Å². The topological polar surface area (TPSA) is 20.2 Å². The second-order valence-electron chi connectivity index (χ2n) is 5.77. The van der Waals surface area contributed by atoms with Crippen LogP contribution in [0.4, 0.5) is 0 Å². The molecule has 1 N–H and O–H groups in total. The Labute approximate surface area is 134 Å². The van der Waals surface area contributed by atoms with Crippen LogP contribution in [0.5, 0.6) is 0 Å². The van der Waals surface area contributed by atoms with Crippen LogP contribution in [-0.2, 0) is 0 Å². The van der Waals surface area contributed by atoms with Gasteiger partial charge in [0.2, 0.25) is 0 Å². The smallest absolute Gasteiger partial charge is 0.0731 e. The number of benzene rings is 2. The van der Waals surface area contributed by atoms with Crippen LogP contribution in [0.25, 0.3) is 5.57 Å². The Balaban J connectivity index is 2.51. The van der Waals surface area contributed by atoms with Gasteiger partial charge < -0.3 is 5.11 Å². The fourth-order valence-corrected chi connectivity index (χ4v) is 2.86. The maximum atomic E-state index is 10.3. The van der Waals surface area contributed by atoms with Crippen molar-refractivity contribution < 1.29 is 5.11 Å². The molecule has 0 aliphatic heterocycles. The summed E-state index contributed by atoms with van der Waals surface area (Å²) in [6.07, 6.45) is 4.05. The number of aliphatic hydroxyl groups excluding tert-OH is 1. The number of hydrogen-bond acceptors (Lipinski definition) is 1. The Hall–Kier alpha value is -1.86. The highest BCUT2D eigenvalue weighted by Gasteiger charge is 2.15. The molecule has 0 saturated carbocycles. The SMILES string of the molecule is CCCCCC(=C(c1ccccc1)c1ccccc1)C(C)O. The van der Waals surface area contributed by atoms with E-state index in [0.717, 1.165) is 18.4 Å². The molecule has 1 heteroatoms. The minimum Gasteiger partial charge on any atom is -0.389 e. The normalized spacial score (nSPS) is 12.0. The zero-order chi connectivity index (χ0) is 15.8. The lowest BCUT2D eigenvalue weighted by molar-refractivity contribution is 0.227. The van der Waals surface area contributed by atoms with Crippen molar-refractivity contribution in [2.45, 2.75) is 45.6 Å². The molecule has 0 saturated heterocycles. The largest absolute Gasteiger partial charge is 0.389 e. The van der Waals surface area contributed by atoms with Crippen molar-refractivity contribution >= 4 is 5.57 Å². The maximum Gasteiger partial charge on any atom is 0.0731 e. The monoisotopic (exact) mass is 294 g/mol. The minimum atomic E-state index is -0.424. The van der Waals surface area contributed by atoms with Crippen LogP contribution in [0.2, 0.25) is 0 Å². The highest BCUT2D eigenvalue weighted by molar-refractivity contribution is 5.82. The van der Waals surface area contributed by atoms with Crippen LogP contribution < -0.4 is 0 Å². The summed E-state index contributed by atoms with van der Waals surface area (Å²) in [6.45, 7) is 4.09. The van der Waals surface area contributed by atoms with Gasteiger partial charge in [-0.05, 0) is 42.0 Å². The zero-order valence-corrected chi connectivity index (χ0v) is 13.6. The first kappa shape index (κ1) is 16.5. The van der Waals surface area contributed by atoms with Gasteiger partial charge in [-0.1, -0.05) is 80.4 Å². The highest BCUT2D eigenvalue weighted by atomic mass is 16.3. The predicted octanol–water partition coefficient (Wildman–Crippen LogP) is 5.45. The standard InChI is InChI=1S/C21H26O/c1-3-4-7-16-20(17(2)22)21(18-12-8-5-9-13-18)19-14-10-6-11-15-19/h5-6,8-15,17,22H,3-4,7,16H2,1-2H3. The van der Waals surface area contributed by atoms with Crippen molar-refractivity contribution in [2.24, 2.45) is 0 Å². The lowest BCUT2D eigenvalue weighted by Crippen LogP contribution is -2.09. The number of hydrogen-bond donors (Lipinski definition) is 1. The lowest BCUT2D eigenvalue weighted by Gasteiger charge is -2.19. The minimum absolute atomic E-state index is 0.424. The van der Waals surface area contributed by atoms with Crippen LogP contribution in [0.1, 0.15) is 50.7 Å². The van der Waals surface area contributed by atoms with E-state index in [1.54, 1.807) is 0 Å². The average Bonchev–Trinajstić information content (AvgIpc) is 2.56. The number of aliphatic hydroxyl groups is 1. The van der Waals surface area contributed by atoms with Gasteiger partial charge in [-0.2, -0.15) is 0 Å². The van der Waals surface area contributed by atoms with E-state index < -0.39 is 6.10 Å². The summed E-state index contributed by atoms with van der Waals surface area (Å²) >= 11 is 0. The molecule has 2 aromatic carbocycles.